The Morgan fingerprint density at radius 2 is 2.10 bits per heavy atom. The van der Waals surface area contributed by atoms with Crippen LogP contribution >= 0.6 is 0 Å². The van der Waals surface area contributed by atoms with E-state index in [0.29, 0.717) is 18.7 Å². The van der Waals surface area contributed by atoms with E-state index in [2.05, 4.69) is 22.3 Å². The van der Waals surface area contributed by atoms with Crippen molar-refractivity contribution < 1.29 is 4.79 Å². The molecule has 2 rings (SSSR count). The number of hydrogen-bond acceptors (Lipinski definition) is 3. The fourth-order valence-corrected chi connectivity index (χ4v) is 1.77. The smallest absolute Gasteiger partial charge is 0.251 e. The molecule has 1 amide bonds. The normalized spacial score (nSPS) is 10.1. The molecule has 0 aliphatic carbocycles. The van der Waals surface area contributed by atoms with Crippen molar-refractivity contribution in [2.75, 3.05) is 11.9 Å². The van der Waals surface area contributed by atoms with E-state index < -0.39 is 0 Å². The molecule has 2 aromatic rings. The van der Waals surface area contributed by atoms with Crippen molar-refractivity contribution in [3.05, 3.63) is 60.4 Å². The number of anilines is 1. The number of benzene rings is 1. The molecule has 1 aromatic carbocycles. The van der Waals surface area contributed by atoms with Gasteiger partial charge in [-0.15, -0.1) is 6.58 Å². The molecule has 0 saturated heterocycles. The highest BCUT2D eigenvalue weighted by Gasteiger charge is 2.04. The maximum absolute atomic E-state index is 11.7. The van der Waals surface area contributed by atoms with Crippen LogP contribution in [0.5, 0.6) is 0 Å². The summed E-state index contributed by atoms with van der Waals surface area (Å²) < 4.78 is 1.82. The largest absolute Gasteiger partial charge is 0.379 e. The molecule has 0 unspecified atom stereocenters. The number of nitrogens with one attached hydrogen (secondary N) is 2. The number of nitrogens with zero attached hydrogens (tertiary/aromatic N) is 2. The van der Waals surface area contributed by atoms with Gasteiger partial charge in [0.05, 0.1) is 12.2 Å². The Hall–Kier alpha value is -2.56. The van der Waals surface area contributed by atoms with Crippen molar-refractivity contribution in [3.63, 3.8) is 0 Å². The van der Waals surface area contributed by atoms with Crippen molar-refractivity contribution in [1.82, 2.24) is 15.1 Å². The summed E-state index contributed by atoms with van der Waals surface area (Å²) in [6.07, 6.45) is 3.42. The molecule has 20 heavy (non-hydrogen) atoms. The van der Waals surface area contributed by atoms with Crippen molar-refractivity contribution >= 4 is 11.6 Å². The van der Waals surface area contributed by atoms with Crippen molar-refractivity contribution in [2.24, 2.45) is 7.05 Å². The molecule has 1 heterocycles. The molecular weight excluding hydrogens is 252 g/mol. The number of hydrogen-bond donors (Lipinski definition) is 2. The maximum Gasteiger partial charge on any atom is 0.251 e. The molecule has 104 valence electrons. The fraction of sp³-hybridized carbons (Fsp3) is 0.200. The van der Waals surface area contributed by atoms with Crippen molar-refractivity contribution in [3.8, 4) is 0 Å². The van der Waals surface area contributed by atoms with Gasteiger partial charge >= 0.3 is 0 Å². The second-order valence-electron chi connectivity index (χ2n) is 4.38. The van der Waals surface area contributed by atoms with Crippen LogP contribution in [0.25, 0.3) is 0 Å². The molecule has 5 nitrogen and oxygen atoms in total. The Balaban J connectivity index is 1.93. The highest BCUT2D eigenvalue weighted by Crippen LogP contribution is 2.11. The minimum atomic E-state index is -0.0944. The van der Waals surface area contributed by atoms with Gasteiger partial charge in [0.25, 0.3) is 5.91 Å². The van der Waals surface area contributed by atoms with Crippen molar-refractivity contribution in [2.45, 2.75) is 6.54 Å². The zero-order valence-electron chi connectivity index (χ0n) is 11.5. The van der Waals surface area contributed by atoms with E-state index in [-0.39, 0.29) is 5.91 Å². The summed E-state index contributed by atoms with van der Waals surface area (Å²) in [4.78, 5) is 11.7. The Morgan fingerprint density at radius 1 is 1.35 bits per heavy atom. The van der Waals surface area contributed by atoms with E-state index in [4.69, 9.17) is 0 Å². The van der Waals surface area contributed by atoms with E-state index in [0.717, 1.165) is 11.4 Å². The number of carbonyl (C=O) groups is 1. The van der Waals surface area contributed by atoms with Crippen LogP contribution in [-0.2, 0) is 13.6 Å². The summed E-state index contributed by atoms with van der Waals surface area (Å²) >= 11 is 0. The first kappa shape index (κ1) is 13.9. The Morgan fingerprint density at radius 3 is 2.70 bits per heavy atom. The third-order valence-corrected chi connectivity index (χ3v) is 2.95. The lowest BCUT2D eigenvalue weighted by Gasteiger charge is -2.08. The molecule has 0 saturated carbocycles. The molecule has 5 heteroatoms. The van der Waals surface area contributed by atoms with Crippen molar-refractivity contribution in [1.29, 1.82) is 0 Å². The predicted octanol–water partition coefficient (Wildman–Crippen LogP) is 1.95. The molecular formula is C15H18N4O. The minimum Gasteiger partial charge on any atom is -0.379 e. The Kier molecular flexibility index (Phi) is 4.55. The van der Waals surface area contributed by atoms with Gasteiger partial charge in [0.15, 0.2) is 0 Å². The topological polar surface area (TPSA) is 59.0 Å². The quantitative estimate of drug-likeness (QED) is 0.789. The molecule has 0 aliphatic rings. The fourth-order valence-electron chi connectivity index (χ4n) is 1.77. The molecule has 0 atom stereocenters. The number of aryl methyl sites for hydroxylation is 1. The van der Waals surface area contributed by atoms with E-state index in [1.165, 1.54) is 0 Å². The lowest BCUT2D eigenvalue weighted by Crippen LogP contribution is -2.23. The molecule has 0 radical (unpaired) electrons. The molecule has 0 aliphatic heterocycles. The summed E-state index contributed by atoms with van der Waals surface area (Å²) in [6.45, 7) is 4.73. The second kappa shape index (κ2) is 6.56. The van der Waals surface area contributed by atoms with Crippen LogP contribution in [0, 0.1) is 0 Å². The third-order valence-electron chi connectivity index (χ3n) is 2.95. The Labute approximate surface area is 118 Å². The number of rotatable bonds is 6. The Bertz CT molecular complexity index is 586. The average Bonchev–Trinajstić information content (AvgIpc) is 2.88. The predicted molar refractivity (Wildman–Crippen MR) is 79.5 cm³/mol. The third kappa shape index (κ3) is 3.47. The zero-order chi connectivity index (χ0) is 14.4. The number of amides is 1. The van der Waals surface area contributed by atoms with Crippen LogP contribution in [0.4, 0.5) is 5.69 Å². The van der Waals surface area contributed by atoms with Crippen LogP contribution in [0.2, 0.25) is 0 Å². The van der Waals surface area contributed by atoms with E-state index in [9.17, 15) is 4.79 Å². The van der Waals surface area contributed by atoms with Gasteiger partial charge in [-0.05, 0) is 30.3 Å². The van der Waals surface area contributed by atoms with Gasteiger partial charge in [-0.2, -0.15) is 5.10 Å². The maximum atomic E-state index is 11.7. The summed E-state index contributed by atoms with van der Waals surface area (Å²) in [5, 5.41) is 10.1. The molecule has 0 fully saturated rings. The van der Waals surface area contributed by atoms with Crippen LogP contribution in [0.1, 0.15) is 16.1 Å². The van der Waals surface area contributed by atoms with Crippen LogP contribution < -0.4 is 10.6 Å². The summed E-state index contributed by atoms with van der Waals surface area (Å²) in [5.74, 6) is -0.0944. The minimum absolute atomic E-state index is 0.0944. The first-order chi connectivity index (χ1) is 9.70. The van der Waals surface area contributed by atoms with E-state index >= 15 is 0 Å². The summed E-state index contributed by atoms with van der Waals surface area (Å²) in [7, 11) is 1.91. The number of aromatic nitrogens is 2. The first-order valence-corrected chi connectivity index (χ1v) is 6.40. The molecule has 1 aromatic heterocycles. The SMILES string of the molecule is C=CCNC(=O)c1ccc(NCc2ccnn2C)cc1. The molecule has 2 N–H and O–H groups in total. The zero-order valence-corrected chi connectivity index (χ0v) is 11.5. The average molecular weight is 270 g/mol. The summed E-state index contributed by atoms with van der Waals surface area (Å²) in [5.41, 5.74) is 2.70. The van der Waals surface area contributed by atoms with Gasteiger partial charge in [-0.3, -0.25) is 9.48 Å². The standard InChI is InChI=1S/C15H18N4O/c1-3-9-16-15(20)12-4-6-13(7-5-12)17-11-14-8-10-18-19(14)2/h3-8,10,17H,1,9,11H2,2H3,(H,16,20). The van der Waals surface area contributed by atoms with Crippen LogP contribution in [0.15, 0.2) is 49.2 Å². The lowest BCUT2D eigenvalue weighted by molar-refractivity contribution is 0.0958. The highest BCUT2D eigenvalue weighted by atomic mass is 16.1. The van der Waals surface area contributed by atoms with E-state index in [1.807, 2.05) is 29.9 Å². The van der Waals surface area contributed by atoms with Gasteiger partial charge in [0.2, 0.25) is 0 Å². The summed E-state index contributed by atoms with van der Waals surface area (Å²) in [6, 6.07) is 9.33. The monoisotopic (exact) mass is 270 g/mol. The van der Waals surface area contributed by atoms with Gasteiger partial charge < -0.3 is 10.6 Å². The first-order valence-electron chi connectivity index (χ1n) is 6.40. The lowest BCUT2D eigenvalue weighted by atomic mass is 10.2. The van der Waals surface area contributed by atoms with E-state index in [1.54, 1.807) is 24.4 Å². The number of carbonyl (C=O) groups excluding carboxylic acids is 1. The van der Waals surface area contributed by atoms with Gasteiger partial charge in [0, 0.05) is 31.0 Å². The van der Waals surface area contributed by atoms with Crippen LogP contribution in [0.3, 0.4) is 0 Å². The van der Waals surface area contributed by atoms with Crippen LogP contribution in [-0.4, -0.2) is 22.2 Å². The molecule has 0 bridgehead atoms. The van der Waals surface area contributed by atoms with Gasteiger partial charge in [-0.1, -0.05) is 6.08 Å². The highest BCUT2D eigenvalue weighted by molar-refractivity contribution is 5.94. The van der Waals surface area contributed by atoms with Gasteiger partial charge in [-0.25, -0.2) is 0 Å². The molecule has 0 spiro atoms. The van der Waals surface area contributed by atoms with Gasteiger partial charge in [0.1, 0.15) is 0 Å². The second-order valence-corrected chi connectivity index (χ2v) is 4.38.